The number of piperazine rings is 1. The van der Waals surface area contributed by atoms with Crippen molar-refractivity contribution < 1.29 is 14.2 Å². The SMILES string of the molecule is Cc1ccc(Cl)cc1N1CCN(CC(O)COc2ccc(F)cc2)CC1. The van der Waals surface area contributed by atoms with E-state index in [-0.39, 0.29) is 12.4 Å². The molecule has 1 heterocycles. The van der Waals surface area contributed by atoms with Gasteiger partial charge in [0.2, 0.25) is 0 Å². The topological polar surface area (TPSA) is 35.9 Å². The molecule has 1 saturated heterocycles. The molecule has 0 radical (unpaired) electrons. The zero-order valence-corrected chi connectivity index (χ0v) is 15.6. The Morgan fingerprint density at radius 3 is 2.50 bits per heavy atom. The lowest BCUT2D eigenvalue weighted by atomic mass is 10.1. The lowest BCUT2D eigenvalue weighted by Gasteiger charge is -2.37. The van der Waals surface area contributed by atoms with Gasteiger partial charge in [-0.05, 0) is 48.9 Å². The van der Waals surface area contributed by atoms with Crippen LogP contribution in [0.3, 0.4) is 0 Å². The summed E-state index contributed by atoms with van der Waals surface area (Å²) in [7, 11) is 0. The number of hydrogen-bond donors (Lipinski definition) is 1. The minimum Gasteiger partial charge on any atom is -0.491 e. The van der Waals surface area contributed by atoms with Crippen LogP contribution in [0, 0.1) is 12.7 Å². The first kappa shape index (κ1) is 19.0. The predicted octanol–water partition coefficient (Wildman–Crippen LogP) is 3.35. The molecule has 0 saturated carbocycles. The van der Waals surface area contributed by atoms with E-state index < -0.39 is 6.10 Å². The molecule has 2 aromatic rings. The highest BCUT2D eigenvalue weighted by molar-refractivity contribution is 6.30. The molecular formula is C20H24ClFN2O2. The van der Waals surface area contributed by atoms with E-state index in [1.54, 1.807) is 12.1 Å². The van der Waals surface area contributed by atoms with Crippen molar-refractivity contribution in [3.63, 3.8) is 0 Å². The Morgan fingerprint density at radius 1 is 1.12 bits per heavy atom. The number of β-amino-alcohol motifs (C(OH)–C–C–N with tert-alkyl or cyclic N) is 1. The van der Waals surface area contributed by atoms with Crippen molar-refractivity contribution in [2.75, 3.05) is 44.2 Å². The number of anilines is 1. The molecule has 1 aliphatic rings. The first-order valence-corrected chi connectivity index (χ1v) is 9.19. The van der Waals surface area contributed by atoms with Crippen LogP contribution in [0.1, 0.15) is 5.56 Å². The number of aliphatic hydroxyl groups excluding tert-OH is 1. The largest absolute Gasteiger partial charge is 0.491 e. The average Bonchev–Trinajstić information content (AvgIpc) is 2.64. The molecule has 0 spiro atoms. The van der Waals surface area contributed by atoms with Crippen molar-refractivity contribution in [2.24, 2.45) is 0 Å². The second kappa shape index (κ2) is 8.71. The molecular weight excluding hydrogens is 355 g/mol. The van der Waals surface area contributed by atoms with Crippen LogP contribution in [-0.2, 0) is 0 Å². The molecule has 1 unspecified atom stereocenters. The van der Waals surface area contributed by atoms with Gasteiger partial charge in [-0.1, -0.05) is 17.7 Å². The van der Waals surface area contributed by atoms with Gasteiger partial charge in [0.05, 0.1) is 0 Å². The summed E-state index contributed by atoms with van der Waals surface area (Å²) in [6, 6.07) is 11.8. The Bertz CT molecular complexity index is 718. The highest BCUT2D eigenvalue weighted by Crippen LogP contribution is 2.25. The van der Waals surface area contributed by atoms with Crippen molar-refractivity contribution in [1.29, 1.82) is 0 Å². The Labute approximate surface area is 158 Å². The van der Waals surface area contributed by atoms with E-state index in [2.05, 4.69) is 16.7 Å². The highest BCUT2D eigenvalue weighted by Gasteiger charge is 2.20. The van der Waals surface area contributed by atoms with Gasteiger partial charge in [-0.2, -0.15) is 0 Å². The molecule has 0 bridgehead atoms. The van der Waals surface area contributed by atoms with E-state index in [1.165, 1.54) is 23.4 Å². The van der Waals surface area contributed by atoms with Gasteiger partial charge in [0.1, 0.15) is 24.3 Å². The molecule has 1 N–H and O–H groups in total. The summed E-state index contributed by atoms with van der Waals surface area (Å²) in [6.45, 7) is 6.38. The van der Waals surface area contributed by atoms with Crippen molar-refractivity contribution in [1.82, 2.24) is 4.90 Å². The molecule has 2 aromatic carbocycles. The second-order valence-electron chi connectivity index (χ2n) is 6.64. The molecule has 0 aliphatic carbocycles. The molecule has 26 heavy (non-hydrogen) atoms. The van der Waals surface area contributed by atoms with Gasteiger partial charge in [-0.3, -0.25) is 4.90 Å². The summed E-state index contributed by atoms with van der Waals surface area (Å²) in [4.78, 5) is 4.56. The van der Waals surface area contributed by atoms with Gasteiger partial charge in [0.15, 0.2) is 0 Å². The van der Waals surface area contributed by atoms with Crippen LogP contribution in [0.15, 0.2) is 42.5 Å². The van der Waals surface area contributed by atoms with Crippen LogP contribution in [0.25, 0.3) is 0 Å². The quantitative estimate of drug-likeness (QED) is 0.836. The fourth-order valence-corrected chi connectivity index (χ4v) is 3.33. The van der Waals surface area contributed by atoms with Crippen LogP contribution in [0.2, 0.25) is 5.02 Å². The zero-order chi connectivity index (χ0) is 18.5. The van der Waals surface area contributed by atoms with Crippen LogP contribution in [0.4, 0.5) is 10.1 Å². The van der Waals surface area contributed by atoms with E-state index in [9.17, 15) is 9.50 Å². The molecule has 1 atom stereocenters. The minimum absolute atomic E-state index is 0.194. The summed E-state index contributed by atoms with van der Waals surface area (Å²) in [5, 5.41) is 11.0. The summed E-state index contributed by atoms with van der Waals surface area (Å²) >= 11 is 6.12. The van der Waals surface area contributed by atoms with Crippen LogP contribution < -0.4 is 9.64 Å². The van der Waals surface area contributed by atoms with Crippen LogP contribution >= 0.6 is 11.6 Å². The smallest absolute Gasteiger partial charge is 0.123 e. The Balaban J connectivity index is 1.44. The zero-order valence-electron chi connectivity index (χ0n) is 14.9. The van der Waals surface area contributed by atoms with Crippen LogP contribution in [0.5, 0.6) is 5.75 Å². The van der Waals surface area contributed by atoms with Gasteiger partial charge in [0.25, 0.3) is 0 Å². The molecule has 0 amide bonds. The molecule has 3 rings (SSSR count). The number of hydrogen-bond acceptors (Lipinski definition) is 4. The van der Waals surface area contributed by atoms with Crippen molar-refractivity contribution >= 4 is 17.3 Å². The van der Waals surface area contributed by atoms with Gasteiger partial charge in [-0.15, -0.1) is 0 Å². The third-order valence-electron chi connectivity index (χ3n) is 4.61. The summed E-state index contributed by atoms with van der Waals surface area (Å²) in [6.07, 6.45) is -0.584. The van der Waals surface area contributed by atoms with E-state index in [0.29, 0.717) is 12.3 Å². The minimum atomic E-state index is -0.584. The Kier molecular flexibility index (Phi) is 6.35. The number of halogens is 2. The number of benzene rings is 2. The number of aliphatic hydroxyl groups is 1. The lowest BCUT2D eigenvalue weighted by molar-refractivity contribution is 0.0663. The summed E-state index contributed by atoms with van der Waals surface area (Å²) < 4.78 is 18.4. The molecule has 6 heteroatoms. The monoisotopic (exact) mass is 378 g/mol. The van der Waals surface area contributed by atoms with Gasteiger partial charge >= 0.3 is 0 Å². The average molecular weight is 379 g/mol. The maximum Gasteiger partial charge on any atom is 0.123 e. The Morgan fingerprint density at radius 2 is 1.81 bits per heavy atom. The first-order chi connectivity index (χ1) is 12.5. The van der Waals surface area contributed by atoms with Gasteiger partial charge in [0, 0.05) is 43.4 Å². The lowest BCUT2D eigenvalue weighted by Crippen LogP contribution is -2.49. The molecule has 4 nitrogen and oxygen atoms in total. The van der Waals surface area contributed by atoms with E-state index in [1.807, 2.05) is 18.2 Å². The van der Waals surface area contributed by atoms with Gasteiger partial charge < -0.3 is 14.7 Å². The molecule has 1 aliphatic heterocycles. The van der Waals surface area contributed by atoms with Gasteiger partial charge in [-0.25, -0.2) is 4.39 Å². The van der Waals surface area contributed by atoms with Crippen molar-refractivity contribution in [2.45, 2.75) is 13.0 Å². The highest BCUT2D eigenvalue weighted by atomic mass is 35.5. The van der Waals surface area contributed by atoms with E-state index in [0.717, 1.165) is 31.2 Å². The van der Waals surface area contributed by atoms with E-state index >= 15 is 0 Å². The first-order valence-electron chi connectivity index (χ1n) is 8.81. The normalized spacial score (nSPS) is 16.5. The third kappa shape index (κ3) is 5.10. The fraction of sp³-hybridized carbons (Fsp3) is 0.400. The standard InChI is InChI=1S/C20H24ClFN2O2/c1-15-2-3-16(21)12-20(15)24-10-8-23(9-11-24)13-18(25)14-26-19-6-4-17(22)5-7-19/h2-7,12,18,25H,8-11,13-14H2,1H3. The number of rotatable bonds is 6. The summed E-state index contributed by atoms with van der Waals surface area (Å²) in [5.41, 5.74) is 2.40. The maximum absolute atomic E-state index is 12.9. The maximum atomic E-state index is 12.9. The van der Waals surface area contributed by atoms with E-state index in [4.69, 9.17) is 16.3 Å². The Hall–Kier alpha value is -1.82. The molecule has 1 fully saturated rings. The molecule has 140 valence electrons. The predicted molar refractivity (Wildman–Crippen MR) is 103 cm³/mol. The van der Waals surface area contributed by atoms with Crippen LogP contribution in [-0.4, -0.2) is 55.4 Å². The van der Waals surface area contributed by atoms with Crippen molar-refractivity contribution in [3.8, 4) is 5.75 Å². The van der Waals surface area contributed by atoms with Crippen molar-refractivity contribution in [3.05, 3.63) is 58.9 Å². The molecule has 0 aromatic heterocycles. The number of ether oxygens (including phenoxy) is 1. The fourth-order valence-electron chi connectivity index (χ4n) is 3.17. The second-order valence-corrected chi connectivity index (χ2v) is 7.07. The number of nitrogens with zero attached hydrogens (tertiary/aromatic N) is 2. The number of aryl methyl sites for hydroxylation is 1. The summed E-state index contributed by atoms with van der Waals surface area (Å²) in [5.74, 6) is 0.261. The third-order valence-corrected chi connectivity index (χ3v) is 4.84.